The monoisotopic (exact) mass is 430 g/mol. The molecule has 0 atom stereocenters. The number of hydrogen-bond acceptors (Lipinski definition) is 6. The zero-order valence-electron chi connectivity index (χ0n) is 19.2. The highest BCUT2D eigenvalue weighted by Gasteiger charge is 2.18. The zero-order valence-corrected chi connectivity index (χ0v) is 19.2. The maximum Gasteiger partial charge on any atom is 0.180 e. The van der Waals surface area contributed by atoms with E-state index in [1.54, 1.807) is 0 Å². The van der Waals surface area contributed by atoms with Crippen molar-refractivity contribution < 1.29 is 0 Å². The van der Waals surface area contributed by atoms with E-state index in [0.717, 1.165) is 59.7 Å². The first-order chi connectivity index (χ1) is 15.4. The van der Waals surface area contributed by atoms with Crippen LogP contribution in [0.4, 0.5) is 0 Å². The van der Waals surface area contributed by atoms with Gasteiger partial charge in [-0.05, 0) is 33.9 Å². The van der Waals surface area contributed by atoms with E-state index >= 15 is 0 Å². The fourth-order valence-electron chi connectivity index (χ4n) is 3.64. The van der Waals surface area contributed by atoms with Crippen LogP contribution in [0.5, 0.6) is 0 Å². The molecule has 4 rings (SSSR count). The summed E-state index contributed by atoms with van der Waals surface area (Å²) in [6, 6.07) is 12.1. The van der Waals surface area contributed by atoms with E-state index in [2.05, 4.69) is 54.4 Å². The minimum atomic E-state index is 0.147. The summed E-state index contributed by atoms with van der Waals surface area (Å²) < 4.78 is 2.04. The molecule has 0 fully saturated rings. The third-order valence-electron chi connectivity index (χ3n) is 5.20. The summed E-state index contributed by atoms with van der Waals surface area (Å²) in [7, 11) is 0. The Morgan fingerprint density at radius 1 is 1.03 bits per heavy atom. The molecule has 3 heterocycles. The Balaban J connectivity index is 1.58. The van der Waals surface area contributed by atoms with Crippen molar-refractivity contribution in [3.8, 4) is 22.6 Å². The van der Waals surface area contributed by atoms with Gasteiger partial charge in [-0.2, -0.15) is 5.10 Å². The second-order valence-electron chi connectivity index (χ2n) is 9.29. The van der Waals surface area contributed by atoms with E-state index in [0.29, 0.717) is 12.4 Å². The molecule has 1 aromatic carbocycles. The van der Waals surface area contributed by atoms with Gasteiger partial charge in [-0.15, -0.1) is 5.10 Å². The molecular weight excluding hydrogens is 400 g/mol. The maximum atomic E-state index is 4.84. The Morgan fingerprint density at radius 2 is 1.84 bits per heavy atom. The average molecular weight is 431 g/mol. The molecule has 0 saturated heterocycles. The SMILES string of the molecule is CCCCc1nc(CC(C)(C)C)n(Cc2ccc(-c3ccccc3-c3nnn[nH]3)nc2)n1. The number of aryl methyl sites for hydroxylation is 1. The van der Waals surface area contributed by atoms with Gasteiger partial charge in [0.2, 0.25) is 0 Å². The number of aromatic nitrogens is 8. The topological polar surface area (TPSA) is 98.1 Å². The largest absolute Gasteiger partial charge is 0.256 e. The fraction of sp³-hybridized carbons (Fsp3) is 0.417. The van der Waals surface area contributed by atoms with Crippen LogP contribution in [-0.4, -0.2) is 40.4 Å². The van der Waals surface area contributed by atoms with Crippen molar-refractivity contribution in [2.45, 2.75) is 59.9 Å². The average Bonchev–Trinajstić information content (AvgIpc) is 3.42. The van der Waals surface area contributed by atoms with Crippen molar-refractivity contribution in [1.29, 1.82) is 0 Å². The van der Waals surface area contributed by atoms with Crippen LogP contribution in [0.1, 0.15) is 57.7 Å². The molecule has 3 aromatic heterocycles. The van der Waals surface area contributed by atoms with Crippen LogP contribution in [-0.2, 0) is 19.4 Å². The Labute approximate surface area is 188 Å². The van der Waals surface area contributed by atoms with Gasteiger partial charge in [0, 0.05) is 30.2 Å². The van der Waals surface area contributed by atoms with Crippen molar-refractivity contribution in [2.75, 3.05) is 0 Å². The molecule has 8 nitrogen and oxygen atoms in total. The second-order valence-corrected chi connectivity index (χ2v) is 9.29. The van der Waals surface area contributed by atoms with Gasteiger partial charge in [0.15, 0.2) is 11.6 Å². The van der Waals surface area contributed by atoms with Crippen LogP contribution in [0.3, 0.4) is 0 Å². The van der Waals surface area contributed by atoms with Gasteiger partial charge in [0.05, 0.1) is 12.2 Å². The summed E-state index contributed by atoms with van der Waals surface area (Å²) in [6.45, 7) is 9.55. The zero-order chi connectivity index (χ0) is 22.6. The molecule has 0 bridgehead atoms. The smallest absolute Gasteiger partial charge is 0.180 e. The molecule has 0 aliphatic carbocycles. The van der Waals surface area contributed by atoms with Crippen molar-refractivity contribution in [3.05, 3.63) is 59.8 Å². The number of nitrogens with zero attached hydrogens (tertiary/aromatic N) is 7. The van der Waals surface area contributed by atoms with Gasteiger partial charge in [0.1, 0.15) is 5.82 Å². The van der Waals surface area contributed by atoms with Crippen LogP contribution in [0.15, 0.2) is 42.6 Å². The predicted molar refractivity (Wildman–Crippen MR) is 124 cm³/mol. The number of hydrogen-bond donors (Lipinski definition) is 1. The Hall–Kier alpha value is -3.42. The van der Waals surface area contributed by atoms with E-state index in [-0.39, 0.29) is 5.41 Å². The first-order valence-corrected chi connectivity index (χ1v) is 11.1. The molecule has 0 spiro atoms. The highest BCUT2D eigenvalue weighted by atomic mass is 15.5. The molecule has 0 unspecified atom stereocenters. The lowest BCUT2D eigenvalue weighted by molar-refractivity contribution is 0.389. The summed E-state index contributed by atoms with van der Waals surface area (Å²) in [4.78, 5) is 9.58. The van der Waals surface area contributed by atoms with E-state index < -0.39 is 0 Å². The highest BCUT2D eigenvalue weighted by molar-refractivity contribution is 5.78. The molecule has 0 amide bonds. The van der Waals surface area contributed by atoms with E-state index in [4.69, 9.17) is 15.1 Å². The first kappa shape index (κ1) is 21.8. The number of benzene rings is 1. The highest BCUT2D eigenvalue weighted by Crippen LogP contribution is 2.28. The first-order valence-electron chi connectivity index (χ1n) is 11.1. The Kier molecular flexibility index (Phi) is 6.39. The molecule has 0 aliphatic rings. The van der Waals surface area contributed by atoms with Gasteiger partial charge >= 0.3 is 0 Å². The third kappa shape index (κ3) is 5.25. The number of unbranched alkanes of at least 4 members (excludes halogenated alkanes) is 1. The van der Waals surface area contributed by atoms with Crippen LogP contribution >= 0.6 is 0 Å². The summed E-state index contributed by atoms with van der Waals surface area (Å²) in [5, 5.41) is 19.1. The molecular formula is C24H30N8. The molecule has 0 radical (unpaired) electrons. The molecule has 4 aromatic rings. The summed E-state index contributed by atoms with van der Waals surface area (Å²) in [5.74, 6) is 2.60. The van der Waals surface area contributed by atoms with Gasteiger partial charge in [-0.25, -0.2) is 14.8 Å². The fourth-order valence-corrected chi connectivity index (χ4v) is 3.64. The Morgan fingerprint density at radius 3 is 2.50 bits per heavy atom. The van der Waals surface area contributed by atoms with Crippen molar-refractivity contribution in [1.82, 2.24) is 40.4 Å². The van der Waals surface area contributed by atoms with Gasteiger partial charge in [0.25, 0.3) is 0 Å². The number of rotatable bonds is 8. The van der Waals surface area contributed by atoms with E-state index in [1.165, 1.54) is 0 Å². The van der Waals surface area contributed by atoms with E-state index in [9.17, 15) is 0 Å². The molecule has 0 aliphatic heterocycles. The molecule has 32 heavy (non-hydrogen) atoms. The standard InChI is InChI=1S/C24H30N8/c1-5-6-11-21-26-22(14-24(2,3)4)32(29-21)16-17-12-13-20(25-15-17)18-9-7-8-10-19(18)23-27-30-31-28-23/h7-10,12-13,15H,5-6,11,14,16H2,1-4H3,(H,27,28,30,31). The lowest BCUT2D eigenvalue weighted by Gasteiger charge is -2.17. The molecule has 166 valence electrons. The van der Waals surface area contributed by atoms with Crippen LogP contribution < -0.4 is 0 Å². The van der Waals surface area contributed by atoms with Crippen LogP contribution in [0.2, 0.25) is 0 Å². The summed E-state index contributed by atoms with van der Waals surface area (Å²) in [5.41, 5.74) is 4.01. The minimum absolute atomic E-state index is 0.147. The Bertz CT molecular complexity index is 1140. The molecule has 0 saturated carbocycles. The lowest BCUT2D eigenvalue weighted by Crippen LogP contribution is -2.15. The molecule has 1 N–H and O–H groups in total. The molecule has 8 heteroatoms. The summed E-state index contributed by atoms with van der Waals surface area (Å²) in [6.07, 6.45) is 5.97. The normalized spacial score (nSPS) is 11.8. The number of nitrogens with one attached hydrogen (secondary N) is 1. The number of aromatic amines is 1. The lowest BCUT2D eigenvalue weighted by atomic mass is 9.92. The van der Waals surface area contributed by atoms with Crippen molar-refractivity contribution >= 4 is 0 Å². The van der Waals surface area contributed by atoms with Crippen LogP contribution in [0, 0.1) is 5.41 Å². The van der Waals surface area contributed by atoms with Gasteiger partial charge in [-0.1, -0.05) is 64.4 Å². The number of pyridine rings is 1. The third-order valence-corrected chi connectivity index (χ3v) is 5.20. The predicted octanol–water partition coefficient (Wildman–Crippen LogP) is 4.50. The second kappa shape index (κ2) is 9.38. The van der Waals surface area contributed by atoms with Crippen LogP contribution in [0.25, 0.3) is 22.6 Å². The number of tetrazole rings is 1. The van der Waals surface area contributed by atoms with Crippen molar-refractivity contribution in [3.63, 3.8) is 0 Å². The summed E-state index contributed by atoms with van der Waals surface area (Å²) >= 11 is 0. The minimum Gasteiger partial charge on any atom is -0.256 e. The van der Waals surface area contributed by atoms with Gasteiger partial charge < -0.3 is 0 Å². The number of H-pyrrole nitrogens is 1. The van der Waals surface area contributed by atoms with Gasteiger partial charge in [-0.3, -0.25) is 4.98 Å². The van der Waals surface area contributed by atoms with E-state index in [1.807, 2.05) is 41.2 Å². The maximum absolute atomic E-state index is 4.84. The van der Waals surface area contributed by atoms with Crippen molar-refractivity contribution in [2.24, 2.45) is 5.41 Å². The quantitative estimate of drug-likeness (QED) is 0.442.